The molecular formula is C16H19N3OS. The Morgan fingerprint density at radius 2 is 2.29 bits per heavy atom. The van der Waals surface area contributed by atoms with E-state index in [0.717, 1.165) is 34.8 Å². The fraction of sp³-hybridized carbons (Fsp3) is 0.500. The Kier molecular flexibility index (Phi) is 3.39. The van der Waals surface area contributed by atoms with Crippen LogP contribution in [0.4, 0.5) is 0 Å². The fourth-order valence-electron chi connectivity index (χ4n) is 3.48. The number of nitrogens with one attached hydrogen (secondary N) is 1. The first-order chi connectivity index (χ1) is 10.3. The van der Waals surface area contributed by atoms with Crippen molar-refractivity contribution in [1.82, 2.24) is 15.2 Å². The lowest BCUT2D eigenvalue weighted by Gasteiger charge is -2.40. The lowest BCUT2D eigenvalue weighted by Crippen LogP contribution is -2.52. The zero-order valence-corrected chi connectivity index (χ0v) is 12.7. The van der Waals surface area contributed by atoms with E-state index in [-0.39, 0.29) is 11.9 Å². The summed E-state index contributed by atoms with van der Waals surface area (Å²) < 4.78 is 0.991. The maximum Gasteiger partial charge on any atom is 0.253 e. The molecule has 1 unspecified atom stereocenters. The molecule has 2 atom stereocenters. The highest BCUT2D eigenvalue weighted by Gasteiger charge is 2.32. The summed E-state index contributed by atoms with van der Waals surface area (Å²) in [5.41, 5.74) is 3.48. The van der Waals surface area contributed by atoms with Crippen LogP contribution in [0.2, 0.25) is 0 Å². The lowest BCUT2D eigenvalue weighted by molar-refractivity contribution is 0.0789. The highest BCUT2D eigenvalue weighted by Crippen LogP contribution is 2.27. The topological polar surface area (TPSA) is 45.2 Å². The summed E-state index contributed by atoms with van der Waals surface area (Å²) in [4.78, 5) is 19.4. The molecule has 0 aliphatic carbocycles. The van der Waals surface area contributed by atoms with Gasteiger partial charge in [0.05, 0.1) is 21.3 Å². The minimum Gasteiger partial charge on any atom is -0.348 e. The number of nitrogens with zero attached hydrogens (tertiary/aromatic N) is 2. The van der Waals surface area contributed by atoms with Crippen molar-refractivity contribution < 1.29 is 4.79 Å². The number of benzene rings is 1. The molecule has 0 radical (unpaired) electrons. The molecule has 1 aromatic carbocycles. The highest BCUT2D eigenvalue weighted by molar-refractivity contribution is 7.17. The van der Waals surface area contributed by atoms with Crippen LogP contribution in [-0.2, 0) is 0 Å². The van der Waals surface area contributed by atoms with Crippen molar-refractivity contribution in [3.63, 3.8) is 0 Å². The molecule has 2 saturated heterocycles. The van der Waals surface area contributed by atoms with Crippen molar-refractivity contribution in [2.75, 3.05) is 13.1 Å². The SMILES string of the molecule is O=C(N[C@@H]1CCCC2CCN2C1)c1cccc2ncsc12. The Hall–Kier alpha value is -1.46. The summed E-state index contributed by atoms with van der Waals surface area (Å²) in [5.74, 6) is 0.0498. The van der Waals surface area contributed by atoms with Crippen LogP contribution in [0.25, 0.3) is 10.2 Å². The van der Waals surface area contributed by atoms with E-state index in [1.807, 2.05) is 18.2 Å². The van der Waals surface area contributed by atoms with E-state index in [9.17, 15) is 4.79 Å². The number of fused-ring (bicyclic) bond motifs is 2. The van der Waals surface area contributed by atoms with Crippen LogP contribution in [-0.4, -0.2) is 41.0 Å². The molecule has 3 heterocycles. The van der Waals surface area contributed by atoms with Gasteiger partial charge in [0.15, 0.2) is 0 Å². The molecule has 0 spiro atoms. The molecular weight excluding hydrogens is 282 g/mol. The summed E-state index contributed by atoms with van der Waals surface area (Å²) >= 11 is 1.54. The number of thiazole rings is 1. The second-order valence-electron chi connectivity index (χ2n) is 6.04. The summed E-state index contributed by atoms with van der Waals surface area (Å²) in [6, 6.07) is 6.83. The Morgan fingerprint density at radius 1 is 1.33 bits per heavy atom. The standard InChI is InChI=1S/C16H19N3OS/c20-16(13-5-2-6-14-15(13)21-10-17-14)18-11-3-1-4-12-7-8-19(12)9-11/h2,5-6,10-12H,1,3-4,7-9H2,(H,18,20)/t11-,12?/m1/s1. The number of aromatic nitrogens is 1. The maximum absolute atomic E-state index is 12.6. The van der Waals surface area contributed by atoms with Gasteiger partial charge in [0, 0.05) is 18.6 Å². The Morgan fingerprint density at radius 3 is 3.14 bits per heavy atom. The third-order valence-electron chi connectivity index (χ3n) is 4.75. The van der Waals surface area contributed by atoms with Crippen LogP contribution in [0.5, 0.6) is 0 Å². The van der Waals surface area contributed by atoms with Crippen molar-refractivity contribution in [3.05, 3.63) is 29.3 Å². The molecule has 0 bridgehead atoms. The Labute approximate surface area is 128 Å². The Balaban J connectivity index is 1.51. The van der Waals surface area contributed by atoms with Crippen molar-refractivity contribution in [1.29, 1.82) is 0 Å². The minimum absolute atomic E-state index is 0.0498. The van der Waals surface area contributed by atoms with Gasteiger partial charge < -0.3 is 5.32 Å². The molecule has 2 aliphatic rings. The number of hydrogen-bond acceptors (Lipinski definition) is 4. The normalized spacial score (nSPS) is 25.9. The zero-order valence-electron chi connectivity index (χ0n) is 11.9. The smallest absolute Gasteiger partial charge is 0.253 e. The molecule has 110 valence electrons. The molecule has 5 heteroatoms. The fourth-order valence-corrected chi connectivity index (χ4v) is 4.28. The quantitative estimate of drug-likeness (QED) is 0.927. The second-order valence-corrected chi connectivity index (χ2v) is 6.90. The molecule has 4 nitrogen and oxygen atoms in total. The number of rotatable bonds is 2. The first kappa shape index (κ1) is 13.2. The molecule has 2 aliphatic heterocycles. The third kappa shape index (κ3) is 2.45. The van der Waals surface area contributed by atoms with Gasteiger partial charge in [0.2, 0.25) is 0 Å². The van der Waals surface area contributed by atoms with E-state index in [1.54, 1.807) is 5.51 Å². The summed E-state index contributed by atoms with van der Waals surface area (Å²) in [7, 11) is 0. The van der Waals surface area contributed by atoms with Gasteiger partial charge in [-0.15, -0.1) is 11.3 Å². The number of carbonyl (C=O) groups is 1. The maximum atomic E-state index is 12.6. The summed E-state index contributed by atoms with van der Waals surface area (Å²) in [6.07, 6.45) is 4.94. The number of carbonyl (C=O) groups excluding carboxylic acids is 1. The van der Waals surface area contributed by atoms with Crippen LogP contribution in [0.3, 0.4) is 0 Å². The van der Waals surface area contributed by atoms with Gasteiger partial charge in [-0.25, -0.2) is 4.98 Å². The average molecular weight is 301 g/mol. The monoisotopic (exact) mass is 301 g/mol. The average Bonchev–Trinajstić information content (AvgIpc) is 2.90. The van der Waals surface area contributed by atoms with Gasteiger partial charge in [-0.1, -0.05) is 6.07 Å². The summed E-state index contributed by atoms with van der Waals surface area (Å²) in [5, 5.41) is 3.24. The largest absolute Gasteiger partial charge is 0.348 e. The molecule has 2 aromatic rings. The molecule has 1 amide bonds. The van der Waals surface area contributed by atoms with Gasteiger partial charge in [-0.05, 0) is 44.4 Å². The molecule has 1 N–H and O–H groups in total. The van der Waals surface area contributed by atoms with Gasteiger partial charge in [-0.3, -0.25) is 9.69 Å². The van der Waals surface area contributed by atoms with Crippen LogP contribution in [0.15, 0.2) is 23.7 Å². The third-order valence-corrected chi connectivity index (χ3v) is 5.62. The highest BCUT2D eigenvalue weighted by atomic mass is 32.1. The lowest BCUT2D eigenvalue weighted by atomic mass is 10.00. The number of hydrogen-bond donors (Lipinski definition) is 1. The van der Waals surface area contributed by atoms with Crippen LogP contribution < -0.4 is 5.32 Å². The molecule has 4 rings (SSSR count). The molecule has 21 heavy (non-hydrogen) atoms. The van der Waals surface area contributed by atoms with E-state index < -0.39 is 0 Å². The van der Waals surface area contributed by atoms with E-state index in [2.05, 4.69) is 15.2 Å². The number of amides is 1. The van der Waals surface area contributed by atoms with Gasteiger partial charge in [0.25, 0.3) is 5.91 Å². The summed E-state index contributed by atoms with van der Waals surface area (Å²) in [6.45, 7) is 2.20. The van der Waals surface area contributed by atoms with Crippen LogP contribution in [0.1, 0.15) is 36.0 Å². The minimum atomic E-state index is 0.0498. The van der Waals surface area contributed by atoms with Gasteiger partial charge in [-0.2, -0.15) is 0 Å². The zero-order chi connectivity index (χ0) is 14.2. The van der Waals surface area contributed by atoms with E-state index in [1.165, 1.54) is 37.1 Å². The van der Waals surface area contributed by atoms with E-state index >= 15 is 0 Å². The predicted molar refractivity (Wildman–Crippen MR) is 84.7 cm³/mol. The van der Waals surface area contributed by atoms with Crippen LogP contribution >= 0.6 is 11.3 Å². The molecule has 1 aromatic heterocycles. The van der Waals surface area contributed by atoms with Gasteiger partial charge >= 0.3 is 0 Å². The first-order valence-corrected chi connectivity index (χ1v) is 8.56. The Bertz CT molecular complexity index is 668. The second kappa shape index (κ2) is 5.39. The van der Waals surface area contributed by atoms with Crippen molar-refractivity contribution in [2.45, 2.75) is 37.8 Å². The first-order valence-electron chi connectivity index (χ1n) is 7.68. The van der Waals surface area contributed by atoms with Gasteiger partial charge in [0.1, 0.15) is 0 Å². The predicted octanol–water partition coefficient (Wildman–Crippen LogP) is 2.65. The van der Waals surface area contributed by atoms with Crippen LogP contribution in [0, 0.1) is 0 Å². The molecule has 0 saturated carbocycles. The van der Waals surface area contributed by atoms with E-state index in [0.29, 0.717) is 0 Å². The van der Waals surface area contributed by atoms with Crippen molar-refractivity contribution in [2.24, 2.45) is 0 Å². The molecule has 2 fully saturated rings. The van der Waals surface area contributed by atoms with Crippen molar-refractivity contribution >= 4 is 27.5 Å². The van der Waals surface area contributed by atoms with Crippen molar-refractivity contribution in [3.8, 4) is 0 Å². The van der Waals surface area contributed by atoms with E-state index in [4.69, 9.17) is 0 Å².